The minimum Gasteiger partial charge on any atom is -0.466 e. The second kappa shape index (κ2) is 7.25. The van der Waals surface area contributed by atoms with Gasteiger partial charge in [0.15, 0.2) is 0 Å². The summed E-state index contributed by atoms with van der Waals surface area (Å²) in [6, 6.07) is 9.48. The van der Waals surface area contributed by atoms with Gasteiger partial charge in [0.1, 0.15) is 6.33 Å². The summed E-state index contributed by atoms with van der Waals surface area (Å²) in [5, 5.41) is 4.26. The van der Waals surface area contributed by atoms with Crippen molar-refractivity contribution in [2.75, 3.05) is 19.7 Å². The molecule has 0 aliphatic carbocycles. The maximum Gasteiger partial charge on any atom is 0.310 e. The molecule has 24 heavy (non-hydrogen) atoms. The SMILES string of the molecule is CCOC(=O)[C@H]1CCCN(C(=O)c2ncn(-c3ccccc3)n2)C1. The Morgan fingerprint density at radius 2 is 2.08 bits per heavy atom. The van der Waals surface area contributed by atoms with Crippen LogP contribution in [0.15, 0.2) is 36.7 Å². The van der Waals surface area contributed by atoms with E-state index < -0.39 is 0 Å². The van der Waals surface area contributed by atoms with E-state index in [4.69, 9.17) is 4.74 Å². The summed E-state index contributed by atoms with van der Waals surface area (Å²) in [6.07, 6.45) is 3.04. The van der Waals surface area contributed by atoms with Crippen LogP contribution in [0.3, 0.4) is 0 Å². The van der Waals surface area contributed by atoms with Gasteiger partial charge < -0.3 is 9.64 Å². The Labute approximate surface area is 140 Å². The van der Waals surface area contributed by atoms with E-state index in [0.29, 0.717) is 19.7 Å². The Morgan fingerprint density at radius 1 is 1.29 bits per heavy atom. The zero-order valence-electron chi connectivity index (χ0n) is 13.6. The van der Waals surface area contributed by atoms with Crippen LogP contribution < -0.4 is 0 Å². The maximum absolute atomic E-state index is 12.6. The molecule has 7 heteroatoms. The van der Waals surface area contributed by atoms with Crippen molar-refractivity contribution in [2.45, 2.75) is 19.8 Å². The number of likely N-dealkylation sites (tertiary alicyclic amines) is 1. The van der Waals surface area contributed by atoms with E-state index in [1.807, 2.05) is 30.3 Å². The molecule has 126 valence electrons. The molecule has 1 aromatic heterocycles. The third-order valence-electron chi connectivity index (χ3n) is 4.03. The lowest BCUT2D eigenvalue weighted by molar-refractivity contribution is -0.149. The first-order chi connectivity index (χ1) is 11.7. The second-order valence-electron chi connectivity index (χ2n) is 5.69. The van der Waals surface area contributed by atoms with Crippen LogP contribution in [0.25, 0.3) is 5.69 Å². The van der Waals surface area contributed by atoms with Gasteiger partial charge in [-0.1, -0.05) is 18.2 Å². The minimum atomic E-state index is -0.265. The predicted molar refractivity (Wildman–Crippen MR) is 86.6 cm³/mol. The van der Waals surface area contributed by atoms with Gasteiger partial charge in [-0.3, -0.25) is 9.59 Å². The van der Waals surface area contributed by atoms with Gasteiger partial charge in [-0.2, -0.15) is 0 Å². The normalized spacial score (nSPS) is 17.5. The molecule has 1 aliphatic rings. The minimum absolute atomic E-state index is 0.142. The van der Waals surface area contributed by atoms with Gasteiger partial charge in [-0.05, 0) is 31.9 Å². The number of ether oxygens (including phenoxy) is 1. The van der Waals surface area contributed by atoms with Crippen LogP contribution in [-0.4, -0.2) is 51.2 Å². The molecule has 1 fully saturated rings. The molecule has 0 bridgehead atoms. The fourth-order valence-corrected chi connectivity index (χ4v) is 2.82. The average molecular weight is 328 g/mol. The summed E-state index contributed by atoms with van der Waals surface area (Å²) in [6.45, 7) is 3.10. The van der Waals surface area contributed by atoms with Gasteiger partial charge >= 0.3 is 5.97 Å². The van der Waals surface area contributed by atoms with Crippen LogP contribution >= 0.6 is 0 Å². The Balaban J connectivity index is 1.70. The van der Waals surface area contributed by atoms with Crippen LogP contribution in [0, 0.1) is 5.92 Å². The number of para-hydroxylation sites is 1. The molecule has 0 unspecified atom stereocenters. The monoisotopic (exact) mass is 328 g/mol. The van der Waals surface area contributed by atoms with Crippen molar-refractivity contribution in [3.05, 3.63) is 42.5 Å². The summed E-state index contributed by atoms with van der Waals surface area (Å²) >= 11 is 0. The number of nitrogens with zero attached hydrogens (tertiary/aromatic N) is 4. The maximum atomic E-state index is 12.6. The third kappa shape index (κ3) is 3.45. The number of aromatic nitrogens is 3. The van der Waals surface area contributed by atoms with E-state index in [0.717, 1.165) is 18.5 Å². The quantitative estimate of drug-likeness (QED) is 0.798. The number of benzene rings is 1. The summed E-state index contributed by atoms with van der Waals surface area (Å²) in [5.74, 6) is -0.612. The Kier molecular flexibility index (Phi) is 4.88. The van der Waals surface area contributed by atoms with Gasteiger partial charge in [0, 0.05) is 13.1 Å². The van der Waals surface area contributed by atoms with Crippen LogP contribution in [0.2, 0.25) is 0 Å². The lowest BCUT2D eigenvalue weighted by Crippen LogP contribution is -2.43. The number of hydrogen-bond acceptors (Lipinski definition) is 5. The van der Waals surface area contributed by atoms with Crippen molar-refractivity contribution >= 4 is 11.9 Å². The van der Waals surface area contributed by atoms with Crippen molar-refractivity contribution in [1.29, 1.82) is 0 Å². The molecule has 1 saturated heterocycles. The molecule has 2 heterocycles. The van der Waals surface area contributed by atoms with Crippen molar-refractivity contribution < 1.29 is 14.3 Å². The molecule has 7 nitrogen and oxygen atoms in total. The lowest BCUT2D eigenvalue weighted by Gasteiger charge is -2.30. The lowest BCUT2D eigenvalue weighted by atomic mass is 9.98. The van der Waals surface area contributed by atoms with Crippen molar-refractivity contribution in [1.82, 2.24) is 19.7 Å². The number of carbonyl (C=O) groups excluding carboxylic acids is 2. The topological polar surface area (TPSA) is 77.3 Å². The van der Waals surface area contributed by atoms with Crippen LogP contribution in [-0.2, 0) is 9.53 Å². The molecule has 0 saturated carbocycles. The van der Waals surface area contributed by atoms with E-state index in [1.165, 1.54) is 6.33 Å². The van der Waals surface area contributed by atoms with E-state index in [-0.39, 0.29) is 23.6 Å². The number of piperidine rings is 1. The molecule has 0 radical (unpaired) electrons. The highest BCUT2D eigenvalue weighted by molar-refractivity contribution is 5.90. The first kappa shape index (κ1) is 16.2. The summed E-state index contributed by atoms with van der Waals surface area (Å²) in [5.41, 5.74) is 0.840. The zero-order chi connectivity index (χ0) is 16.9. The number of carbonyl (C=O) groups is 2. The van der Waals surface area contributed by atoms with Crippen LogP contribution in [0.1, 0.15) is 30.4 Å². The summed E-state index contributed by atoms with van der Waals surface area (Å²) in [7, 11) is 0. The fraction of sp³-hybridized carbons (Fsp3) is 0.412. The molecule has 0 N–H and O–H groups in total. The molecule has 1 aromatic carbocycles. The van der Waals surface area contributed by atoms with Crippen LogP contribution in [0.5, 0.6) is 0 Å². The Hall–Kier alpha value is -2.70. The van der Waals surface area contributed by atoms with Gasteiger partial charge in [-0.25, -0.2) is 9.67 Å². The molecule has 1 amide bonds. The molecular weight excluding hydrogens is 308 g/mol. The van der Waals surface area contributed by atoms with Gasteiger partial charge in [0.05, 0.1) is 18.2 Å². The van der Waals surface area contributed by atoms with Crippen molar-refractivity contribution in [3.63, 3.8) is 0 Å². The largest absolute Gasteiger partial charge is 0.466 e. The second-order valence-corrected chi connectivity index (χ2v) is 5.69. The molecule has 2 aromatic rings. The predicted octanol–water partition coefficient (Wildman–Crippen LogP) is 1.68. The third-order valence-corrected chi connectivity index (χ3v) is 4.03. The highest BCUT2D eigenvalue weighted by atomic mass is 16.5. The summed E-state index contributed by atoms with van der Waals surface area (Å²) < 4.78 is 6.63. The summed E-state index contributed by atoms with van der Waals surface area (Å²) in [4.78, 5) is 30.3. The Bertz CT molecular complexity index is 714. The standard InChI is InChI=1S/C17H20N4O3/c1-2-24-17(23)13-7-6-10-20(11-13)16(22)15-18-12-21(19-15)14-8-4-3-5-9-14/h3-5,8-9,12-13H,2,6-7,10-11H2,1H3/t13-/m0/s1. The first-order valence-electron chi connectivity index (χ1n) is 8.12. The number of rotatable bonds is 4. The van der Waals surface area contributed by atoms with Gasteiger partial charge in [-0.15, -0.1) is 5.10 Å². The number of esters is 1. The highest BCUT2D eigenvalue weighted by Gasteiger charge is 2.31. The molecule has 1 atom stereocenters. The van der Waals surface area contributed by atoms with Crippen LogP contribution in [0.4, 0.5) is 0 Å². The average Bonchev–Trinajstić information content (AvgIpc) is 3.12. The van der Waals surface area contributed by atoms with Crippen molar-refractivity contribution in [2.24, 2.45) is 5.92 Å². The smallest absolute Gasteiger partial charge is 0.310 e. The van der Waals surface area contributed by atoms with E-state index in [9.17, 15) is 9.59 Å². The molecular formula is C17H20N4O3. The highest BCUT2D eigenvalue weighted by Crippen LogP contribution is 2.19. The molecule has 0 spiro atoms. The molecule has 3 rings (SSSR count). The van der Waals surface area contributed by atoms with Gasteiger partial charge in [0.25, 0.3) is 5.91 Å². The first-order valence-corrected chi connectivity index (χ1v) is 8.12. The van der Waals surface area contributed by atoms with Gasteiger partial charge in [0.2, 0.25) is 5.82 Å². The zero-order valence-corrected chi connectivity index (χ0v) is 13.6. The Morgan fingerprint density at radius 3 is 2.83 bits per heavy atom. The van der Waals surface area contributed by atoms with E-state index in [1.54, 1.807) is 16.5 Å². The fourth-order valence-electron chi connectivity index (χ4n) is 2.82. The van der Waals surface area contributed by atoms with E-state index in [2.05, 4.69) is 10.1 Å². The molecule has 1 aliphatic heterocycles. The van der Waals surface area contributed by atoms with Crippen molar-refractivity contribution in [3.8, 4) is 5.69 Å². The number of hydrogen-bond donors (Lipinski definition) is 0. The number of amides is 1. The van der Waals surface area contributed by atoms with E-state index >= 15 is 0 Å².